The molecule has 1 aromatic heterocycles. The molecule has 1 aliphatic rings. The fourth-order valence-electron chi connectivity index (χ4n) is 3.21. The highest BCUT2D eigenvalue weighted by atomic mass is 16.3. The summed E-state index contributed by atoms with van der Waals surface area (Å²) in [5.41, 5.74) is 1.27. The van der Waals surface area contributed by atoms with E-state index in [2.05, 4.69) is 34.5 Å². The van der Waals surface area contributed by atoms with Crippen molar-refractivity contribution in [2.75, 3.05) is 38.1 Å². The van der Waals surface area contributed by atoms with Gasteiger partial charge in [-0.2, -0.15) is 0 Å². The molecule has 0 radical (unpaired) electrons. The molecule has 0 aliphatic carbocycles. The molecule has 1 saturated heterocycles. The van der Waals surface area contributed by atoms with Crippen LogP contribution in [-0.2, 0) is 6.42 Å². The molecule has 1 N–H and O–H groups in total. The van der Waals surface area contributed by atoms with E-state index >= 15 is 0 Å². The molecule has 0 bridgehead atoms. The summed E-state index contributed by atoms with van der Waals surface area (Å²) < 4.78 is 5.27. The zero-order valence-electron chi connectivity index (χ0n) is 14.1. The maximum atomic E-state index is 12.2. The second-order valence-corrected chi connectivity index (χ2v) is 6.38. The van der Waals surface area contributed by atoms with Crippen molar-refractivity contribution in [3.63, 3.8) is 0 Å². The minimum Gasteiger partial charge on any atom is -0.469 e. The van der Waals surface area contributed by atoms with Crippen molar-refractivity contribution in [2.45, 2.75) is 12.8 Å². The maximum absolute atomic E-state index is 12.2. The number of carbonyl (C=O) groups is 1. The molecule has 5 nitrogen and oxygen atoms in total. The van der Waals surface area contributed by atoms with Crippen molar-refractivity contribution in [1.29, 1.82) is 0 Å². The highest BCUT2D eigenvalue weighted by Gasteiger charge is 2.24. The van der Waals surface area contributed by atoms with Crippen LogP contribution in [0.5, 0.6) is 0 Å². The van der Waals surface area contributed by atoms with Gasteiger partial charge >= 0.3 is 6.03 Å². The molecule has 1 atom stereocenters. The lowest BCUT2D eigenvalue weighted by Gasteiger charge is -2.23. The Morgan fingerprint density at radius 1 is 1.29 bits per heavy atom. The average Bonchev–Trinajstić information content (AvgIpc) is 3.27. The molecule has 128 valence electrons. The molecule has 2 amide bonds. The van der Waals surface area contributed by atoms with Gasteiger partial charge < -0.3 is 19.5 Å². The molecular weight excluding hydrogens is 302 g/mol. The first kappa shape index (κ1) is 16.4. The second-order valence-electron chi connectivity index (χ2n) is 6.38. The van der Waals surface area contributed by atoms with Crippen LogP contribution in [-0.4, -0.2) is 44.2 Å². The highest BCUT2D eigenvalue weighted by molar-refractivity contribution is 5.73. The molecule has 3 rings (SSSR count). The number of amides is 2. The van der Waals surface area contributed by atoms with E-state index in [4.69, 9.17) is 4.42 Å². The molecular formula is C19H25N3O2. The topological polar surface area (TPSA) is 48.7 Å². The van der Waals surface area contributed by atoms with Crippen molar-refractivity contribution in [3.05, 3.63) is 54.5 Å². The molecule has 5 heteroatoms. The number of para-hydroxylation sites is 1. The third kappa shape index (κ3) is 4.31. The van der Waals surface area contributed by atoms with Crippen LogP contribution in [0.1, 0.15) is 12.2 Å². The van der Waals surface area contributed by atoms with Crippen LogP contribution >= 0.6 is 0 Å². The van der Waals surface area contributed by atoms with Gasteiger partial charge in [0.25, 0.3) is 0 Å². The van der Waals surface area contributed by atoms with Gasteiger partial charge in [-0.05, 0) is 36.6 Å². The minimum absolute atomic E-state index is 0.0142. The molecule has 1 fully saturated rings. The number of urea groups is 1. The zero-order chi connectivity index (χ0) is 16.8. The summed E-state index contributed by atoms with van der Waals surface area (Å²) in [7, 11) is 1.87. The third-order valence-electron chi connectivity index (χ3n) is 4.51. The van der Waals surface area contributed by atoms with E-state index in [9.17, 15) is 4.79 Å². The summed E-state index contributed by atoms with van der Waals surface area (Å²) in [5.74, 6) is 1.42. The van der Waals surface area contributed by atoms with Crippen molar-refractivity contribution < 1.29 is 9.21 Å². The second kappa shape index (κ2) is 7.90. The van der Waals surface area contributed by atoms with Gasteiger partial charge in [-0.1, -0.05) is 18.2 Å². The Balaban J connectivity index is 1.40. The molecule has 24 heavy (non-hydrogen) atoms. The lowest BCUT2D eigenvalue weighted by atomic mass is 10.1. The number of benzene rings is 1. The van der Waals surface area contributed by atoms with Crippen LogP contribution in [0.15, 0.2) is 53.1 Å². The highest BCUT2D eigenvalue weighted by Crippen LogP contribution is 2.23. The van der Waals surface area contributed by atoms with Gasteiger partial charge in [-0.3, -0.25) is 0 Å². The van der Waals surface area contributed by atoms with Crippen LogP contribution in [0.25, 0.3) is 0 Å². The van der Waals surface area contributed by atoms with Gasteiger partial charge in [0.05, 0.1) is 6.26 Å². The number of anilines is 1. The Morgan fingerprint density at radius 3 is 2.88 bits per heavy atom. The quantitative estimate of drug-likeness (QED) is 0.887. The molecule has 0 saturated carbocycles. The van der Waals surface area contributed by atoms with E-state index in [0.717, 1.165) is 38.2 Å². The monoisotopic (exact) mass is 327 g/mol. The number of furan rings is 1. The average molecular weight is 327 g/mol. The predicted molar refractivity (Wildman–Crippen MR) is 95.2 cm³/mol. The largest absolute Gasteiger partial charge is 0.469 e. The number of carbonyl (C=O) groups excluding carboxylic acids is 1. The maximum Gasteiger partial charge on any atom is 0.317 e. The van der Waals surface area contributed by atoms with Crippen LogP contribution < -0.4 is 10.2 Å². The zero-order valence-corrected chi connectivity index (χ0v) is 14.1. The Kier molecular flexibility index (Phi) is 5.41. The van der Waals surface area contributed by atoms with Crippen LogP contribution in [0.3, 0.4) is 0 Å². The first-order valence-electron chi connectivity index (χ1n) is 8.53. The number of nitrogens with one attached hydrogen (secondary N) is 1. The summed E-state index contributed by atoms with van der Waals surface area (Å²) in [4.78, 5) is 16.4. The van der Waals surface area contributed by atoms with E-state index in [1.165, 1.54) is 5.69 Å². The fraction of sp³-hybridized carbons (Fsp3) is 0.421. The van der Waals surface area contributed by atoms with Crippen LogP contribution in [0.2, 0.25) is 0 Å². The summed E-state index contributed by atoms with van der Waals surface area (Å²) in [6, 6.07) is 14.2. The number of hydrogen-bond donors (Lipinski definition) is 1. The van der Waals surface area contributed by atoms with Gasteiger partial charge in [0, 0.05) is 45.3 Å². The van der Waals surface area contributed by atoms with Crippen molar-refractivity contribution in [1.82, 2.24) is 10.2 Å². The fourth-order valence-corrected chi connectivity index (χ4v) is 3.21. The van der Waals surface area contributed by atoms with Crippen LogP contribution in [0.4, 0.5) is 10.5 Å². The van der Waals surface area contributed by atoms with E-state index in [-0.39, 0.29) is 6.03 Å². The third-order valence-corrected chi connectivity index (χ3v) is 4.51. The normalized spacial score (nSPS) is 17.0. The lowest BCUT2D eigenvalue weighted by molar-refractivity contribution is 0.202. The van der Waals surface area contributed by atoms with Crippen molar-refractivity contribution >= 4 is 11.7 Å². The first-order chi connectivity index (χ1) is 11.7. The number of rotatable bonds is 6. The first-order valence-corrected chi connectivity index (χ1v) is 8.53. The summed E-state index contributed by atoms with van der Waals surface area (Å²) in [6.45, 7) is 3.45. The van der Waals surface area contributed by atoms with Gasteiger partial charge in [0.15, 0.2) is 0 Å². The molecule has 0 spiro atoms. The van der Waals surface area contributed by atoms with E-state index in [1.807, 2.05) is 25.2 Å². The predicted octanol–water partition coefficient (Wildman–Crippen LogP) is 2.99. The van der Waals surface area contributed by atoms with Crippen molar-refractivity contribution in [2.24, 2.45) is 5.92 Å². The molecule has 1 unspecified atom stereocenters. The minimum atomic E-state index is -0.0142. The van der Waals surface area contributed by atoms with E-state index in [1.54, 1.807) is 11.2 Å². The number of hydrogen-bond acceptors (Lipinski definition) is 3. The molecule has 2 heterocycles. The number of nitrogens with zero attached hydrogens (tertiary/aromatic N) is 2. The Morgan fingerprint density at radius 2 is 2.12 bits per heavy atom. The van der Waals surface area contributed by atoms with Gasteiger partial charge in [0.2, 0.25) is 0 Å². The lowest BCUT2D eigenvalue weighted by Crippen LogP contribution is -2.41. The Hall–Kier alpha value is -2.43. The van der Waals surface area contributed by atoms with E-state index < -0.39 is 0 Å². The summed E-state index contributed by atoms with van der Waals surface area (Å²) in [5, 5.41) is 2.95. The van der Waals surface area contributed by atoms with Gasteiger partial charge in [-0.25, -0.2) is 4.79 Å². The molecule has 1 aliphatic heterocycles. The van der Waals surface area contributed by atoms with Crippen molar-refractivity contribution in [3.8, 4) is 0 Å². The SMILES string of the molecule is CN(CC1CCN(c2ccccc2)C1)C(=O)NCCc1ccco1. The molecule has 2 aromatic rings. The summed E-state index contributed by atoms with van der Waals surface area (Å²) >= 11 is 0. The van der Waals surface area contributed by atoms with Gasteiger partial charge in [-0.15, -0.1) is 0 Å². The van der Waals surface area contributed by atoms with E-state index in [0.29, 0.717) is 12.5 Å². The Bertz CT molecular complexity index is 627. The molecule has 1 aromatic carbocycles. The standard InChI is InChI=1S/C19H25N3O2/c1-21(19(23)20-11-9-18-8-5-13-24-18)14-16-10-12-22(15-16)17-6-3-2-4-7-17/h2-8,13,16H,9-12,14-15H2,1H3,(H,20,23). The van der Waals surface area contributed by atoms with Crippen LogP contribution in [0, 0.1) is 5.92 Å². The summed E-state index contributed by atoms with van der Waals surface area (Å²) in [6.07, 6.45) is 3.50. The smallest absolute Gasteiger partial charge is 0.317 e. The Labute approximate surface area is 143 Å². The van der Waals surface area contributed by atoms with Gasteiger partial charge in [0.1, 0.15) is 5.76 Å².